The quantitative estimate of drug-likeness (QED) is 0.671. The first-order valence-electron chi connectivity index (χ1n) is 6.14. The van der Waals surface area contributed by atoms with Crippen LogP contribution in [0.3, 0.4) is 0 Å². The second-order valence-electron chi connectivity index (χ2n) is 4.18. The number of nitro benzene ring substituents is 1. The number of thiophene rings is 1. The van der Waals surface area contributed by atoms with Crippen molar-refractivity contribution in [2.75, 3.05) is 5.32 Å². The molecule has 2 rings (SSSR count). The monoisotopic (exact) mass is 287 g/mol. The van der Waals surface area contributed by atoms with Crippen LogP contribution in [0.5, 0.6) is 0 Å². The lowest BCUT2D eigenvalue weighted by Gasteiger charge is -2.05. The Labute approximate surface area is 120 Å². The summed E-state index contributed by atoms with van der Waals surface area (Å²) in [6.45, 7) is 2.76. The van der Waals surface area contributed by atoms with Gasteiger partial charge in [-0.3, -0.25) is 10.1 Å². The first kappa shape index (κ1) is 14.0. The number of rotatable bonds is 5. The summed E-state index contributed by atoms with van der Waals surface area (Å²) in [7, 11) is 0. The van der Waals surface area contributed by atoms with Gasteiger partial charge >= 0.3 is 0 Å². The van der Waals surface area contributed by atoms with Crippen molar-refractivity contribution in [3.05, 3.63) is 55.8 Å². The van der Waals surface area contributed by atoms with Gasteiger partial charge in [0.15, 0.2) is 0 Å². The van der Waals surface area contributed by atoms with Crippen molar-refractivity contribution >= 4 is 22.7 Å². The third-order valence-corrected chi connectivity index (χ3v) is 4.08. The molecule has 0 aliphatic carbocycles. The largest absolute Gasteiger partial charge is 0.380 e. The summed E-state index contributed by atoms with van der Waals surface area (Å²) in [5, 5.41) is 22.9. The summed E-state index contributed by atoms with van der Waals surface area (Å²) >= 11 is 1.73. The molecule has 0 radical (unpaired) electrons. The number of nitrogens with zero attached hydrogens (tertiary/aromatic N) is 2. The molecule has 0 saturated heterocycles. The predicted molar refractivity (Wildman–Crippen MR) is 78.8 cm³/mol. The van der Waals surface area contributed by atoms with Crippen LogP contribution < -0.4 is 5.32 Å². The number of hydrogen-bond acceptors (Lipinski definition) is 5. The van der Waals surface area contributed by atoms with E-state index < -0.39 is 4.92 Å². The minimum atomic E-state index is -0.546. The average molecular weight is 287 g/mol. The van der Waals surface area contributed by atoms with E-state index in [1.54, 1.807) is 17.4 Å². The van der Waals surface area contributed by atoms with Crippen molar-refractivity contribution in [2.45, 2.75) is 19.9 Å². The van der Waals surface area contributed by atoms with Crippen LogP contribution >= 0.6 is 11.3 Å². The molecule has 0 saturated carbocycles. The molecule has 6 heteroatoms. The zero-order valence-corrected chi connectivity index (χ0v) is 11.7. The second-order valence-corrected chi connectivity index (χ2v) is 5.43. The standard InChI is InChI=1S/C14H13N3O2S/c1-2-12-4-5-13(20-12)9-16-11-3-6-14(17(18)19)10(7-11)8-15/h3-7,16H,2,9H2,1H3. The van der Waals surface area contributed by atoms with Crippen molar-refractivity contribution in [1.82, 2.24) is 0 Å². The summed E-state index contributed by atoms with van der Waals surface area (Å²) in [6, 6.07) is 10.5. The highest BCUT2D eigenvalue weighted by atomic mass is 32.1. The SMILES string of the molecule is CCc1ccc(CNc2ccc([N+](=O)[O-])c(C#N)c2)s1. The molecule has 1 N–H and O–H groups in total. The lowest BCUT2D eigenvalue weighted by molar-refractivity contribution is -0.385. The van der Waals surface area contributed by atoms with Gasteiger partial charge in [0.1, 0.15) is 11.6 Å². The highest BCUT2D eigenvalue weighted by Gasteiger charge is 2.13. The smallest absolute Gasteiger partial charge is 0.287 e. The van der Waals surface area contributed by atoms with Crippen molar-refractivity contribution in [3.63, 3.8) is 0 Å². The second kappa shape index (κ2) is 6.17. The number of nitrogens with one attached hydrogen (secondary N) is 1. The fourth-order valence-electron chi connectivity index (χ4n) is 1.79. The van der Waals surface area contributed by atoms with Gasteiger partial charge in [-0.1, -0.05) is 6.92 Å². The molecule has 0 fully saturated rings. The van der Waals surface area contributed by atoms with Crippen LogP contribution in [0.25, 0.3) is 0 Å². The van der Waals surface area contributed by atoms with Gasteiger partial charge in [-0.05, 0) is 30.7 Å². The Kier molecular flexibility index (Phi) is 4.33. The number of anilines is 1. The third kappa shape index (κ3) is 3.13. The normalized spacial score (nSPS) is 10.0. The van der Waals surface area contributed by atoms with Crippen LogP contribution in [0.4, 0.5) is 11.4 Å². The maximum atomic E-state index is 10.7. The highest BCUT2D eigenvalue weighted by molar-refractivity contribution is 7.12. The molecule has 1 heterocycles. The van der Waals surface area contributed by atoms with E-state index in [4.69, 9.17) is 5.26 Å². The van der Waals surface area contributed by atoms with Gasteiger partial charge in [-0.15, -0.1) is 11.3 Å². The van der Waals surface area contributed by atoms with Crippen LogP contribution in [0.2, 0.25) is 0 Å². The molecule has 0 bridgehead atoms. The zero-order chi connectivity index (χ0) is 14.5. The van der Waals surface area contributed by atoms with Crippen LogP contribution in [-0.2, 0) is 13.0 Å². The van der Waals surface area contributed by atoms with E-state index in [-0.39, 0.29) is 11.3 Å². The molecular formula is C14H13N3O2S. The molecule has 102 valence electrons. The van der Waals surface area contributed by atoms with Gasteiger partial charge in [0.05, 0.1) is 4.92 Å². The molecule has 0 aliphatic rings. The lowest BCUT2D eigenvalue weighted by Crippen LogP contribution is -1.99. The Balaban J connectivity index is 2.10. The lowest BCUT2D eigenvalue weighted by atomic mass is 10.1. The first-order chi connectivity index (χ1) is 9.63. The van der Waals surface area contributed by atoms with Gasteiger partial charge in [0.2, 0.25) is 0 Å². The van der Waals surface area contributed by atoms with Crippen LogP contribution in [0.1, 0.15) is 22.2 Å². The summed E-state index contributed by atoms with van der Waals surface area (Å²) in [5.74, 6) is 0. The van der Waals surface area contributed by atoms with Gasteiger partial charge in [-0.2, -0.15) is 5.26 Å². The molecule has 2 aromatic rings. The molecule has 20 heavy (non-hydrogen) atoms. The summed E-state index contributed by atoms with van der Waals surface area (Å²) in [5.41, 5.74) is 0.612. The Bertz CT molecular complexity index is 673. The first-order valence-corrected chi connectivity index (χ1v) is 6.95. The number of hydrogen-bond donors (Lipinski definition) is 1. The maximum Gasteiger partial charge on any atom is 0.287 e. The van der Waals surface area contributed by atoms with E-state index in [2.05, 4.69) is 24.4 Å². The fourth-order valence-corrected chi connectivity index (χ4v) is 2.69. The van der Waals surface area contributed by atoms with Gasteiger partial charge in [0, 0.05) is 28.1 Å². The predicted octanol–water partition coefficient (Wildman–Crippen LogP) is 3.70. The maximum absolute atomic E-state index is 10.7. The van der Waals surface area contributed by atoms with Crippen molar-refractivity contribution < 1.29 is 4.92 Å². The molecular weight excluding hydrogens is 274 g/mol. The molecule has 1 aromatic carbocycles. The fraction of sp³-hybridized carbons (Fsp3) is 0.214. The number of nitriles is 1. The Morgan fingerprint density at radius 2 is 2.10 bits per heavy atom. The molecule has 0 unspecified atom stereocenters. The topological polar surface area (TPSA) is 79.0 Å². The van der Waals surface area contributed by atoms with Gasteiger partial charge < -0.3 is 5.32 Å². The molecule has 0 spiro atoms. The summed E-state index contributed by atoms with van der Waals surface area (Å²) < 4.78 is 0. The van der Waals surface area contributed by atoms with Crippen molar-refractivity contribution in [3.8, 4) is 6.07 Å². The zero-order valence-electron chi connectivity index (χ0n) is 10.9. The van der Waals surface area contributed by atoms with Crippen molar-refractivity contribution in [1.29, 1.82) is 5.26 Å². The molecule has 1 aromatic heterocycles. The molecule has 0 amide bonds. The molecule has 5 nitrogen and oxygen atoms in total. The van der Waals surface area contributed by atoms with E-state index in [0.717, 1.165) is 6.42 Å². The van der Waals surface area contributed by atoms with Crippen LogP contribution in [0, 0.1) is 21.4 Å². The number of aryl methyl sites for hydroxylation is 1. The summed E-state index contributed by atoms with van der Waals surface area (Å²) in [4.78, 5) is 12.7. The number of nitro groups is 1. The number of benzene rings is 1. The van der Waals surface area contributed by atoms with E-state index in [1.165, 1.54) is 21.9 Å². The van der Waals surface area contributed by atoms with Crippen LogP contribution in [-0.4, -0.2) is 4.92 Å². The minimum absolute atomic E-state index is 0.0698. The highest BCUT2D eigenvalue weighted by Crippen LogP contribution is 2.23. The van der Waals surface area contributed by atoms with Crippen LogP contribution in [0.15, 0.2) is 30.3 Å². The van der Waals surface area contributed by atoms with Crippen molar-refractivity contribution in [2.24, 2.45) is 0 Å². The van der Waals surface area contributed by atoms with E-state index in [1.807, 2.05) is 6.07 Å². The van der Waals surface area contributed by atoms with E-state index >= 15 is 0 Å². The van der Waals surface area contributed by atoms with E-state index in [9.17, 15) is 10.1 Å². The minimum Gasteiger partial charge on any atom is -0.380 e. The molecule has 0 aliphatic heterocycles. The van der Waals surface area contributed by atoms with Gasteiger partial charge in [0.25, 0.3) is 5.69 Å². The Hall–Kier alpha value is -2.39. The Morgan fingerprint density at radius 3 is 2.70 bits per heavy atom. The average Bonchev–Trinajstić information content (AvgIpc) is 2.92. The summed E-state index contributed by atoms with van der Waals surface area (Å²) in [6.07, 6.45) is 1.01. The Morgan fingerprint density at radius 1 is 1.35 bits per heavy atom. The third-order valence-electron chi connectivity index (χ3n) is 2.85. The van der Waals surface area contributed by atoms with Gasteiger partial charge in [-0.25, -0.2) is 0 Å². The molecule has 0 atom stereocenters. The van der Waals surface area contributed by atoms with E-state index in [0.29, 0.717) is 12.2 Å².